The minimum absolute atomic E-state index is 0.0876. The minimum Gasteiger partial charge on any atom is -0.404 e. The van der Waals surface area contributed by atoms with Crippen LogP contribution in [-0.2, 0) is 9.59 Å². The van der Waals surface area contributed by atoms with Gasteiger partial charge in [-0.15, -0.1) is 0 Å². The number of nitrogens with one attached hydrogen (secondary N) is 2. The van der Waals surface area contributed by atoms with Gasteiger partial charge in [0.05, 0.1) is 17.9 Å². The van der Waals surface area contributed by atoms with Crippen molar-refractivity contribution in [2.45, 2.75) is 77.7 Å². The lowest BCUT2D eigenvalue weighted by Gasteiger charge is -2.30. The molecule has 0 aromatic carbocycles. The van der Waals surface area contributed by atoms with Crippen molar-refractivity contribution >= 4 is 23.9 Å². The third-order valence-electron chi connectivity index (χ3n) is 8.17. The van der Waals surface area contributed by atoms with Gasteiger partial charge in [0.2, 0.25) is 11.9 Å². The molecule has 4 rings (SSSR count). The van der Waals surface area contributed by atoms with Crippen LogP contribution in [0.2, 0.25) is 0 Å². The maximum atomic E-state index is 13.4. The summed E-state index contributed by atoms with van der Waals surface area (Å²) in [7, 11) is 2.15. The number of carbonyl (C=O) groups excluding carboxylic acids is 2. The van der Waals surface area contributed by atoms with Gasteiger partial charge >= 0.3 is 0 Å². The van der Waals surface area contributed by atoms with Crippen molar-refractivity contribution in [3.8, 4) is 11.3 Å². The number of likely N-dealkylation sites (tertiary alicyclic amines) is 1. The van der Waals surface area contributed by atoms with E-state index in [0.717, 1.165) is 80.7 Å². The van der Waals surface area contributed by atoms with E-state index in [1.165, 1.54) is 6.20 Å². The second-order valence-electron chi connectivity index (χ2n) is 11.1. The second-order valence-corrected chi connectivity index (χ2v) is 11.1. The van der Waals surface area contributed by atoms with E-state index in [9.17, 15) is 9.59 Å². The number of Topliss-reactive ketones (excluding diaryl/α,β-unsaturated/α-hetero) is 1. The van der Waals surface area contributed by atoms with E-state index in [2.05, 4.69) is 42.2 Å². The van der Waals surface area contributed by atoms with E-state index >= 15 is 0 Å². The molecule has 39 heavy (non-hydrogen) atoms. The highest BCUT2D eigenvalue weighted by Gasteiger charge is 2.58. The molecule has 1 amide bonds. The van der Waals surface area contributed by atoms with Crippen LogP contribution in [0.15, 0.2) is 35.4 Å². The fourth-order valence-corrected chi connectivity index (χ4v) is 5.30. The van der Waals surface area contributed by atoms with E-state index in [0.29, 0.717) is 24.6 Å². The van der Waals surface area contributed by atoms with Crippen molar-refractivity contribution in [2.24, 2.45) is 22.1 Å². The highest BCUT2D eigenvalue weighted by Crippen LogP contribution is 2.59. The number of amides is 1. The molecule has 2 aromatic rings. The number of ketones is 1. The first-order chi connectivity index (χ1) is 18.8. The molecule has 2 aromatic heterocycles. The highest BCUT2D eigenvalue weighted by atomic mass is 16.2. The standard InChI is InChI=1S/C29H42N8O2/c1-4-22(38)8-6-5-7-9-24(36-27(39)23-14-29(23)10-12-37(3)13-11-29)26-31-19-25(35-26)21-17-33-28(34-18-21)32-16-20(2)15-30/h15-19,23-24H,4-14,30H2,1-3H3,(H,31,35)(H,36,39)/t23-,24+/m1/s1. The van der Waals surface area contributed by atoms with Crippen LogP contribution in [-0.4, -0.2) is 62.9 Å². The lowest BCUT2D eigenvalue weighted by Crippen LogP contribution is -2.36. The summed E-state index contributed by atoms with van der Waals surface area (Å²) in [5.74, 6) is 1.60. The zero-order valence-electron chi connectivity index (χ0n) is 23.4. The Morgan fingerprint density at radius 2 is 1.95 bits per heavy atom. The third kappa shape index (κ3) is 7.59. The number of nitrogens with zero attached hydrogens (tertiary/aromatic N) is 5. The fraction of sp³-hybridized carbons (Fsp3) is 0.586. The second kappa shape index (κ2) is 13.1. The average molecular weight is 535 g/mol. The Balaban J connectivity index is 1.41. The molecule has 4 N–H and O–H groups in total. The van der Waals surface area contributed by atoms with Crippen LogP contribution in [0, 0.1) is 11.3 Å². The number of rotatable bonds is 13. The zero-order chi connectivity index (χ0) is 27.8. The molecule has 2 aliphatic rings. The van der Waals surface area contributed by atoms with Gasteiger partial charge in [-0.05, 0) is 76.4 Å². The number of piperidine rings is 1. The summed E-state index contributed by atoms with van der Waals surface area (Å²) in [6.07, 6.45) is 16.1. The average Bonchev–Trinajstić information content (AvgIpc) is 3.43. The van der Waals surface area contributed by atoms with Gasteiger partial charge in [-0.25, -0.2) is 19.9 Å². The number of unbranched alkanes of at least 4 members (excludes halogenated alkanes) is 2. The summed E-state index contributed by atoms with van der Waals surface area (Å²) in [6, 6.07) is -0.215. The number of H-pyrrole nitrogens is 1. The van der Waals surface area contributed by atoms with Gasteiger partial charge in [0, 0.05) is 42.9 Å². The molecule has 2 fully saturated rings. The molecule has 0 unspecified atom stereocenters. The largest absolute Gasteiger partial charge is 0.404 e. The zero-order valence-corrected chi connectivity index (χ0v) is 23.4. The molecule has 3 heterocycles. The molecule has 1 aliphatic heterocycles. The van der Waals surface area contributed by atoms with Crippen molar-refractivity contribution in [3.05, 3.63) is 36.2 Å². The summed E-state index contributed by atoms with van der Waals surface area (Å²) in [4.78, 5) is 48.2. The topological polar surface area (TPSA) is 142 Å². The number of nitrogens with two attached hydrogens (primary N) is 1. The number of aromatic nitrogens is 4. The first kappa shape index (κ1) is 28.6. The summed E-state index contributed by atoms with van der Waals surface area (Å²) < 4.78 is 0. The van der Waals surface area contributed by atoms with Gasteiger partial charge in [-0.3, -0.25) is 9.59 Å². The van der Waals surface area contributed by atoms with Crippen LogP contribution in [0.25, 0.3) is 11.3 Å². The van der Waals surface area contributed by atoms with E-state index < -0.39 is 0 Å². The van der Waals surface area contributed by atoms with Crippen LogP contribution in [0.1, 0.15) is 83.5 Å². The van der Waals surface area contributed by atoms with Crippen LogP contribution in [0.4, 0.5) is 5.95 Å². The Bertz CT molecular complexity index is 1180. The number of imidazole rings is 1. The van der Waals surface area contributed by atoms with Crippen LogP contribution in [0.5, 0.6) is 0 Å². The molecular formula is C29H42N8O2. The van der Waals surface area contributed by atoms with E-state index in [-0.39, 0.29) is 23.3 Å². The lowest BCUT2D eigenvalue weighted by atomic mass is 9.91. The maximum absolute atomic E-state index is 13.4. The van der Waals surface area contributed by atoms with Crippen LogP contribution in [0.3, 0.4) is 0 Å². The molecule has 10 heteroatoms. The summed E-state index contributed by atoms with van der Waals surface area (Å²) in [5, 5.41) is 3.32. The summed E-state index contributed by atoms with van der Waals surface area (Å²) >= 11 is 0. The molecule has 10 nitrogen and oxygen atoms in total. The van der Waals surface area contributed by atoms with Gasteiger partial charge < -0.3 is 20.9 Å². The van der Waals surface area contributed by atoms with Gasteiger partial charge in [-0.2, -0.15) is 0 Å². The summed E-state index contributed by atoms with van der Waals surface area (Å²) in [6.45, 7) is 5.87. The molecular weight excluding hydrogens is 492 g/mol. The lowest BCUT2D eigenvalue weighted by molar-refractivity contribution is -0.124. The predicted octanol–water partition coefficient (Wildman–Crippen LogP) is 4.25. The molecule has 0 radical (unpaired) electrons. The molecule has 1 aliphatic carbocycles. The summed E-state index contributed by atoms with van der Waals surface area (Å²) in [5.41, 5.74) is 8.03. The van der Waals surface area contributed by atoms with Crippen LogP contribution < -0.4 is 11.1 Å². The number of hydrogen-bond acceptors (Lipinski definition) is 8. The van der Waals surface area contributed by atoms with E-state index in [1.807, 2.05) is 13.8 Å². The number of carbonyl (C=O) groups is 2. The van der Waals surface area contributed by atoms with Crippen molar-refractivity contribution in [2.75, 3.05) is 20.1 Å². The molecule has 0 bridgehead atoms. The molecule has 2 atom stereocenters. The minimum atomic E-state index is -0.215. The number of allylic oxidation sites excluding steroid dienone is 1. The maximum Gasteiger partial charge on any atom is 0.249 e. The smallest absolute Gasteiger partial charge is 0.249 e. The Hall–Kier alpha value is -3.40. The van der Waals surface area contributed by atoms with E-state index in [1.54, 1.807) is 24.8 Å². The monoisotopic (exact) mass is 534 g/mol. The first-order valence-corrected chi connectivity index (χ1v) is 14.1. The highest BCUT2D eigenvalue weighted by molar-refractivity contribution is 5.83. The quantitative estimate of drug-likeness (QED) is 0.257. The Labute approximate surface area is 231 Å². The van der Waals surface area contributed by atoms with Crippen molar-refractivity contribution < 1.29 is 9.59 Å². The van der Waals surface area contributed by atoms with E-state index in [4.69, 9.17) is 5.73 Å². The first-order valence-electron chi connectivity index (χ1n) is 14.1. The van der Waals surface area contributed by atoms with Gasteiger partial charge in [0.15, 0.2) is 0 Å². The normalized spacial score (nSPS) is 19.9. The van der Waals surface area contributed by atoms with Crippen LogP contribution >= 0.6 is 0 Å². The van der Waals surface area contributed by atoms with Gasteiger partial charge in [0.1, 0.15) is 11.6 Å². The number of hydrogen-bond donors (Lipinski definition) is 3. The SMILES string of the molecule is CCC(=O)CCCCC[C@H](NC(=O)[C@H]1CC12CCN(C)CC2)c1ncc(-c2cnc(N=CC(C)=CN)nc2)[nH]1. The van der Waals surface area contributed by atoms with Gasteiger partial charge in [-0.1, -0.05) is 19.8 Å². The fourth-order valence-electron chi connectivity index (χ4n) is 5.30. The molecule has 1 spiro atoms. The Kier molecular flexibility index (Phi) is 9.61. The Morgan fingerprint density at radius 3 is 2.64 bits per heavy atom. The molecule has 1 saturated carbocycles. The molecule has 1 saturated heterocycles. The van der Waals surface area contributed by atoms with Crippen molar-refractivity contribution in [1.82, 2.24) is 30.2 Å². The van der Waals surface area contributed by atoms with Crippen molar-refractivity contribution in [1.29, 1.82) is 0 Å². The molecule has 210 valence electrons. The van der Waals surface area contributed by atoms with Crippen molar-refractivity contribution in [3.63, 3.8) is 0 Å². The Morgan fingerprint density at radius 1 is 1.21 bits per heavy atom. The van der Waals surface area contributed by atoms with Gasteiger partial charge in [0.25, 0.3) is 0 Å². The number of aromatic amines is 1. The number of aliphatic imine (C=N–C) groups is 1. The predicted molar refractivity (Wildman–Crippen MR) is 152 cm³/mol. The third-order valence-corrected chi connectivity index (χ3v) is 8.17.